The van der Waals surface area contributed by atoms with Crippen LogP contribution in [-0.2, 0) is 9.59 Å². The Kier molecular flexibility index (Phi) is 3.54. The molecule has 5 rings (SSSR count). The summed E-state index contributed by atoms with van der Waals surface area (Å²) < 4.78 is 5.17. The minimum atomic E-state index is -0.925. The Balaban J connectivity index is 1.42. The molecule has 2 aromatic carbocycles. The van der Waals surface area contributed by atoms with Crippen LogP contribution in [0.3, 0.4) is 0 Å². The minimum absolute atomic E-state index is 0.0191. The smallest absolute Gasteiger partial charge is 0.261 e. The molecule has 2 aliphatic rings. The zero-order chi connectivity index (χ0) is 18.4. The molecule has 1 unspecified atom stereocenters. The average Bonchev–Trinajstić information content (AvgIpc) is 3.39. The first-order chi connectivity index (χ1) is 13.2. The predicted molar refractivity (Wildman–Crippen MR) is 100 cm³/mol. The lowest BCUT2D eigenvalue weighted by Crippen LogP contribution is -2.49. The van der Waals surface area contributed by atoms with Crippen molar-refractivity contribution in [2.45, 2.75) is 22.6 Å². The van der Waals surface area contributed by atoms with Crippen LogP contribution < -0.4 is 10.2 Å². The lowest BCUT2D eigenvalue weighted by Gasteiger charge is -2.29. The van der Waals surface area contributed by atoms with Gasteiger partial charge in [0, 0.05) is 22.6 Å². The molecule has 1 fully saturated rings. The van der Waals surface area contributed by atoms with Gasteiger partial charge in [0.1, 0.15) is 0 Å². The maximum absolute atomic E-state index is 13.2. The van der Waals surface area contributed by atoms with E-state index in [9.17, 15) is 9.59 Å². The van der Waals surface area contributed by atoms with E-state index in [1.54, 1.807) is 29.2 Å². The summed E-state index contributed by atoms with van der Waals surface area (Å²) in [4.78, 5) is 27.3. The first kappa shape index (κ1) is 16.1. The largest absolute Gasteiger partial charge is 0.423 e. The van der Waals surface area contributed by atoms with Crippen molar-refractivity contribution in [3.8, 4) is 11.5 Å². The number of para-hydroxylation sites is 1. The average molecular weight is 378 g/mol. The second-order valence-corrected chi connectivity index (χ2v) is 7.68. The van der Waals surface area contributed by atoms with Gasteiger partial charge in [-0.1, -0.05) is 23.9 Å². The summed E-state index contributed by atoms with van der Waals surface area (Å²) in [6.07, 6.45) is 2.12. The molecular formula is C19H14N4O3S. The summed E-state index contributed by atoms with van der Waals surface area (Å²) in [5.41, 5.74) is 2.23. The first-order valence-corrected chi connectivity index (χ1v) is 9.28. The van der Waals surface area contributed by atoms with Crippen molar-refractivity contribution in [2.24, 2.45) is 0 Å². The fourth-order valence-electron chi connectivity index (χ4n) is 3.52. The summed E-state index contributed by atoms with van der Waals surface area (Å²) in [5, 5.41) is 10.5. The van der Waals surface area contributed by atoms with Crippen molar-refractivity contribution < 1.29 is 14.0 Å². The third-order valence-electron chi connectivity index (χ3n) is 4.78. The highest BCUT2D eigenvalue weighted by Gasteiger charge is 2.57. The SMILES string of the molecule is O=C1CCC2(C(=O)Nc3ccc(-c4nnco4)cc3)Sc3ccccc3N12. The molecule has 1 saturated heterocycles. The Morgan fingerprint density at radius 3 is 2.78 bits per heavy atom. The van der Waals surface area contributed by atoms with Gasteiger partial charge in [0.05, 0.1) is 5.69 Å². The standard InChI is InChI=1S/C19H14N4O3S/c24-16-9-10-19(23(16)14-3-1-2-4-15(14)27-19)18(25)21-13-7-5-12(6-8-13)17-22-20-11-26-17/h1-8,11H,9-10H2,(H,21,25). The molecule has 7 nitrogen and oxygen atoms in total. The van der Waals surface area contributed by atoms with E-state index in [0.29, 0.717) is 24.4 Å². The lowest BCUT2D eigenvalue weighted by atomic mass is 10.1. The van der Waals surface area contributed by atoms with Gasteiger partial charge in [-0.2, -0.15) is 0 Å². The van der Waals surface area contributed by atoms with Crippen LogP contribution in [-0.4, -0.2) is 26.9 Å². The Morgan fingerprint density at radius 2 is 2.00 bits per heavy atom. The second kappa shape index (κ2) is 5.95. The van der Waals surface area contributed by atoms with Crippen molar-refractivity contribution in [3.63, 3.8) is 0 Å². The molecule has 27 heavy (non-hydrogen) atoms. The van der Waals surface area contributed by atoms with Crippen molar-refractivity contribution in [1.29, 1.82) is 0 Å². The molecule has 1 aromatic heterocycles. The molecular weight excluding hydrogens is 364 g/mol. The van der Waals surface area contributed by atoms with Crippen molar-refractivity contribution in [3.05, 3.63) is 54.9 Å². The fourth-order valence-corrected chi connectivity index (χ4v) is 4.94. The number of benzene rings is 2. The molecule has 3 aromatic rings. The lowest BCUT2D eigenvalue weighted by molar-refractivity contribution is -0.121. The molecule has 8 heteroatoms. The maximum Gasteiger partial charge on any atom is 0.261 e. The van der Waals surface area contributed by atoms with Crippen molar-refractivity contribution in [1.82, 2.24) is 10.2 Å². The zero-order valence-electron chi connectivity index (χ0n) is 14.1. The summed E-state index contributed by atoms with van der Waals surface area (Å²) in [7, 11) is 0. The third-order valence-corrected chi connectivity index (χ3v) is 6.25. The van der Waals surface area contributed by atoms with E-state index in [2.05, 4.69) is 15.5 Å². The minimum Gasteiger partial charge on any atom is -0.423 e. The number of anilines is 2. The molecule has 0 spiro atoms. The predicted octanol–water partition coefficient (Wildman–Crippen LogP) is 3.30. The van der Waals surface area contributed by atoms with Gasteiger partial charge in [0.2, 0.25) is 18.2 Å². The molecule has 0 saturated carbocycles. The molecule has 134 valence electrons. The molecule has 0 bridgehead atoms. The van der Waals surface area contributed by atoms with E-state index in [1.807, 2.05) is 24.3 Å². The summed E-state index contributed by atoms with van der Waals surface area (Å²) in [6, 6.07) is 14.8. The summed E-state index contributed by atoms with van der Waals surface area (Å²) in [5.74, 6) is 0.204. The highest BCUT2D eigenvalue weighted by molar-refractivity contribution is 8.02. The normalized spacial score (nSPS) is 20.4. The molecule has 3 heterocycles. The number of carbonyl (C=O) groups is 2. The molecule has 1 N–H and O–H groups in total. The van der Waals surface area contributed by atoms with E-state index in [0.717, 1.165) is 16.1 Å². The molecule has 1 atom stereocenters. The number of thioether (sulfide) groups is 1. The highest BCUT2D eigenvalue weighted by Crippen LogP contribution is 2.56. The second-order valence-electron chi connectivity index (χ2n) is 6.36. The number of aromatic nitrogens is 2. The number of amides is 2. The topological polar surface area (TPSA) is 88.3 Å². The Labute approximate surface area is 158 Å². The van der Waals surface area contributed by atoms with E-state index in [1.165, 1.54) is 18.2 Å². The van der Waals surface area contributed by atoms with Gasteiger partial charge in [-0.3, -0.25) is 14.5 Å². The zero-order valence-corrected chi connectivity index (χ0v) is 14.9. The number of fused-ring (bicyclic) bond motifs is 3. The number of nitrogens with one attached hydrogen (secondary N) is 1. The van der Waals surface area contributed by atoms with E-state index in [-0.39, 0.29) is 11.8 Å². The molecule has 2 aliphatic heterocycles. The highest BCUT2D eigenvalue weighted by atomic mass is 32.2. The number of hydrogen-bond donors (Lipinski definition) is 1. The van der Waals surface area contributed by atoms with Crippen LogP contribution in [0.15, 0.2) is 64.2 Å². The van der Waals surface area contributed by atoms with Crippen LogP contribution in [0.4, 0.5) is 11.4 Å². The van der Waals surface area contributed by atoms with Gasteiger partial charge in [0.15, 0.2) is 4.87 Å². The fraction of sp³-hybridized carbons (Fsp3) is 0.158. The quantitative estimate of drug-likeness (QED) is 0.752. The molecule has 2 amide bonds. The van der Waals surface area contributed by atoms with Crippen LogP contribution in [0, 0.1) is 0 Å². The van der Waals surface area contributed by atoms with E-state index >= 15 is 0 Å². The van der Waals surface area contributed by atoms with Crippen LogP contribution in [0.1, 0.15) is 12.8 Å². The first-order valence-electron chi connectivity index (χ1n) is 8.46. The Bertz CT molecular complexity index is 1040. The van der Waals surface area contributed by atoms with Gasteiger partial charge in [0.25, 0.3) is 5.91 Å². The number of rotatable bonds is 3. The van der Waals surface area contributed by atoms with Gasteiger partial charge in [-0.15, -0.1) is 10.2 Å². The number of hydrogen-bond acceptors (Lipinski definition) is 6. The van der Waals surface area contributed by atoms with Crippen LogP contribution in [0.25, 0.3) is 11.5 Å². The van der Waals surface area contributed by atoms with Gasteiger partial charge in [-0.25, -0.2) is 0 Å². The van der Waals surface area contributed by atoms with Gasteiger partial charge >= 0.3 is 0 Å². The van der Waals surface area contributed by atoms with Gasteiger partial charge in [-0.05, 0) is 42.8 Å². The van der Waals surface area contributed by atoms with Crippen molar-refractivity contribution >= 4 is 35.0 Å². The summed E-state index contributed by atoms with van der Waals surface area (Å²) >= 11 is 1.45. The molecule has 0 aliphatic carbocycles. The Hall–Kier alpha value is -3.13. The third kappa shape index (κ3) is 2.44. The van der Waals surface area contributed by atoms with Crippen molar-refractivity contribution in [2.75, 3.05) is 10.2 Å². The summed E-state index contributed by atoms with van der Waals surface area (Å²) in [6.45, 7) is 0. The number of carbonyl (C=O) groups excluding carboxylic acids is 2. The van der Waals surface area contributed by atoms with Crippen LogP contribution in [0.2, 0.25) is 0 Å². The monoisotopic (exact) mass is 378 g/mol. The van der Waals surface area contributed by atoms with Gasteiger partial charge < -0.3 is 9.73 Å². The van der Waals surface area contributed by atoms with E-state index in [4.69, 9.17) is 4.42 Å². The molecule has 0 radical (unpaired) electrons. The van der Waals surface area contributed by atoms with Crippen LogP contribution >= 0.6 is 11.8 Å². The maximum atomic E-state index is 13.2. The van der Waals surface area contributed by atoms with E-state index < -0.39 is 4.87 Å². The Morgan fingerprint density at radius 1 is 1.19 bits per heavy atom. The number of nitrogens with zero attached hydrogens (tertiary/aromatic N) is 3. The van der Waals surface area contributed by atoms with Crippen LogP contribution in [0.5, 0.6) is 0 Å².